The van der Waals surface area contributed by atoms with Gasteiger partial charge >= 0.3 is 11.9 Å². The third-order valence-electron chi connectivity index (χ3n) is 4.96. The Morgan fingerprint density at radius 1 is 1.00 bits per heavy atom. The molecule has 0 saturated heterocycles. The smallest absolute Gasteiger partial charge is 0.360 e. The van der Waals surface area contributed by atoms with Crippen molar-refractivity contribution < 1.29 is 33.9 Å². The number of hydrogen-bond donors (Lipinski definition) is 3. The van der Waals surface area contributed by atoms with Gasteiger partial charge in [-0.25, -0.2) is 19.1 Å². The molecule has 30 heavy (non-hydrogen) atoms. The third kappa shape index (κ3) is 12.0. The van der Waals surface area contributed by atoms with Crippen molar-refractivity contribution >= 4 is 17.8 Å². The lowest BCUT2D eigenvalue weighted by Gasteiger charge is -2.33. The zero-order chi connectivity index (χ0) is 23.2. The van der Waals surface area contributed by atoms with E-state index < -0.39 is 18.2 Å². The molecule has 3 N–H and O–H groups in total. The minimum absolute atomic E-state index is 0.0498. The van der Waals surface area contributed by atoms with E-state index in [2.05, 4.69) is 11.9 Å². The van der Waals surface area contributed by atoms with Gasteiger partial charge in [0, 0.05) is 13.3 Å². The van der Waals surface area contributed by atoms with Crippen molar-refractivity contribution in [3.63, 3.8) is 0 Å². The molecule has 1 aliphatic rings. The molecule has 1 heterocycles. The number of aliphatic hydroxyl groups is 1. The van der Waals surface area contributed by atoms with Crippen molar-refractivity contribution in [2.24, 2.45) is 4.99 Å². The molecule has 1 rings (SSSR count). The fourth-order valence-electron chi connectivity index (χ4n) is 3.37. The highest BCUT2D eigenvalue weighted by Gasteiger charge is 2.41. The number of carboxylic acids is 2. The first kappa shape index (κ1) is 28.2. The predicted molar refractivity (Wildman–Crippen MR) is 119 cm³/mol. The highest BCUT2D eigenvalue weighted by atomic mass is 16.4. The molecule has 8 nitrogen and oxygen atoms in total. The summed E-state index contributed by atoms with van der Waals surface area (Å²) in [7, 11) is 5.52. The number of quaternary nitrogens is 2. The molecule has 8 heteroatoms. The van der Waals surface area contributed by atoms with Crippen molar-refractivity contribution in [3.8, 4) is 0 Å². The van der Waals surface area contributed by atoms with E-state index in [4.69, 9.17) is 10.2 Å². The minimum atomic E-state index is -0.920. The lowest BCUT2D eigenvalue weighted by atomic mass is 10.1. The first-order chi connectivity index (χ1) is 13.9. The molecule has 2 atom stereocenters. The van der Waals surface area contributed by atoms with Gasteiger partial charge < -0.3 is 19.8 Å². The van der Waals surface area contributed by atoms with Gasteiger partial charge in [-0.05, 0) is 6.42 Å². The summed E-state index contributed by atoms with van der Waals surface area (Å²) in [5.41, 5.74) is 0. The SMILES string of the molecule is CCCCCCCCCCC1=NC=C[N+]1(CC(=O)O)C(C)O.C[N+](C)(C)CC(=O)O. The molecule has 0 radical (unpaired) electrons. The number of rotatable bonds is 14. The van der Waals surface area contributed by atoms with E-state index in [9.17, 15) is 14.7 Å². The number of carbonyl (C=O) groups is 2. The number of aliphatic imine (C=N–C) groups is 1. The summed E-state index contributed by atoms with van der Waals surface area (Å²) in [5, 5.41) is 27.4. The van der Waals surface area contributed by atoms with Crippen LogP contribution in [0.15, 0.2) is 17.4 Å². The Morgan fingerprint density at radius 2 is 1.53 bits per heavy atom. The van der Waals surface area contributed by atoms with E-state index >= 15 is 0 Å². The monoisotopic (exact) mass is 429 g/mol. The van der Waals surface area contributed by atoms with Crippen LogP contribution in [0.3, 0.4) is 0 Å². The summed E-state index contributed by atoms with van der Waals surface area (Å²) in [6.07, 6.45) is 13.1. The fourth-order valence-corrected chi connectivity index (χ4v) is 3.37. The van der Waals surface area contributed by atoms with Crippen LogP contribution >= 0.6 is 0 Å². The highest BCUT2D eigenvalue weighted by molar-refractivity contribution is 5.81. The number of likely N-dealkylation sites (N-methyl/N-ethyl adjacent to an activating group) is 1. The van der Waals surface area contributed by atoms with Crippen LogP contribution in [0, 0.1) is 0 Å². The molecule has 1 aliphatic heterocycles. The number of aliphatic carboxylic acids is 2. The molecule has 2 unspecified atom stereocenters. The van der Waals surface area contributed by atoms with Crippen molar-refractivity contribution in [1.29, 1.82) is 0 Å². The van der Waals surface area contributed by atoms with Crippen LogP contribution in [-0.2, 0) is 9.59 Å². The first-order valence-electron chi connectivity index (χ1n) is 11.0. The van der Waals surface area contributed by atoms with E-state index in [-0.39, 0.29) is 17.6 Å². The number of nitrogens with zero attached hydrogens (tertiary/aromatic N) is 3. The average Bonchev–Trinajstić information content (AvgIpc) is 2.99. The maximum absolute atomic E-state index is 11.1. The van der Waals surface area contributed by atoms with E-state index in [1.54, 1.807) is 19.3 Å². The summed E-state index contributed by atoms with van der Waals surface area (Å²) in [6, 6.07) is 0. The highest BCUT2D eigenvalue weighted by Crippen LogP contribution is 2.24. The minimum Gasteiger partial charge on any atom is -0.477 e. The molecule has 0 spiro atoms. The number of aliphatic hydroxyl groups excluding tert-OH is 1. The van der Waals surface area contributed by atoms with E-state index in [1.807, 2.05) is 21.1 Å². The van der Waals surface area contributed by atoms with Gasteiger partial charge in [-0.1, -0.05) is 51.9 Å². The summed E-state index contributed by atoms with van der Waals surface area (Å²) in [4.78, 5) is 25.4. The molecule has 0 bridgehead atoms. The summed E-state index contributed by atoms with van der Waals surface area (Å²) in [5.74, 6) is -0.906. The summed E-state index contributed by atoms with van der Waals surface area (Å²) < 4.78 is 0.432. The van der Waals surface area contributed by atoms with Crippen LogP contribution in [0.4, 0.5) is 0 Å². The van der Waals surface area contributed by atoms with Crippen LogP contribution in [-0.4, -0.2) is 82.5 Å². The average molecular weight is 430 g/mol. The van der Waals surface area contributed by atoms with E-state index in [1.165, 1.54) is 38.5 Å². The number of carboxylic acid groups (broad SMARTS) is 2. The van der Waals surface area contributed by atoms with E-state index in [0.29, 0.717) is 4.48 Å². The molecule has 0 aromatic heterocycles. The standard InChI is InChI=1S/C17H30N2O3.C5H11NO2/c1-3-4-5-6-7-8-9-10-11-16-18-12-13-19(16,15(2)20)14-17(21)22;1-6(2,3)4-5(7)8/h12-13,15,20H,3-11,14H2,1-2H3;4H2,1-3H3/p+2. The second kappa shape index (κ2) is 14.3. The Morgan fingerprint density at radius 3 is 1.93 bits per heavy atom. The van der Waals surface area contributed by atoms with Crippen molar-refractivity contribution in [2.75, 3.05) is 34.2 Å². The van der Waals surface area contributed by atoms with Crippen LogP contribution in [0.25, 0.3) is 0 Å². The Labute approximate surface area is 181 Å². The van der Waals surface area contributed by atoms with Gasteiger partial charge in [-0.2, -0.15) is 0 Å². The molecule has 174 valence electrons. The Kier molecular flexibility index (Phi) is 13.4. The Hall–Kier alpha value is -1.77. The summed E-state index contributed by atoms with van der Waals surface area (Å²) >= 11 is 0. The van der Waals surface area contributed by atoms with Crippen molar-refractivity contribution in [1.82, 2.24) is 0 Å². The molecule has 0 aliphatic carbocycles. The lowest BCUT2D eigenvalue weighted by Crippen LogP contribution is -2.55. The van der Waals surface area contributed by atoms with Crippen LogP contribution in [0.1, 0.15) is 71.6 Å². The number of hydrogen-bond acceptors (Lipinski definition) is 4. The number of unbranched alkanes of at least 4 members (excludes halogenated alkanes) is 7. The molecule has 0 saturated carbocycles. The summed E-state index contributed by atoms with van der Waals surface area (Å²) in [6.45, 7) is 3.88. The Bertz CT molecular complexity index is 582. The molecule has 0 fully saturated rings. The molecule has 0 aromatic carbocycles. The molecular formula is C22H43N3O5+2. The van der Waals surface area contributed by atoms with Gasteiger partial charge in [0.05, 0.1) is 27.3 Å². The van der Waals surface area contributed by atoms with Gasteiger partial charge in [0.1, 0.15) is 6.20 Å². The Balaban J connectivity index is 0.000000890. The lowest BCUT2D eigenvalue weighted by molar-refractivity contribution is -0.862. The zero-order valence-electron chi connectivity index (χ0n) is 19.5. The van der Waals surface area contributed by atoms with Crippen LogP contribution in [0.5, 0.6) is 0 Å². The quantitative estimate of drug-likeness (QED) is 0.290. The maximum Gasteiger partial charge on any atom is 0.360 e. The predicted octanol–water partition coefficient (Wildman–Crippen LogP) is 3.42. The topological polar surface area (TPSA) is 107 Å². The van der Waals surface area contributed by atoms with Gasteiger partial charge in [-0.3, -0.25) is 0 Å². The first-order valence-corrected chi connectivity index (χ1v) is 11.0. The second-order valence-corrected chi connectivity index (χ2v) is 9.02. The largest absolute Gasteiger partial charge is 0.477 e. The normalized spacial score (nSPS) is 19.1. The van der Waals surface area contributed by atoms with Crippen LogP contribution < -0.4 is 0 Å². The molecule has 0 amide bonds. The van der Waals surface area contributed by atoms with Gasteiger partial charge in [-0.15, -0.1) is 0 Å². The molecule has 0 aromatic rings. The third-order valence-corrected chi connectivity index (χ3v) is 4.96. The van der Waals surface area contributed by atoms with Gasteiger partial charge in [0.2, 0.25) is 5.84 Å². The van der Waals surface area contributed by atoms with Crippen molar-refractivity contribution in [2.45, 2.75) is 77.9 Å². The zero-order valence-corrected chi connectivity index (χ0v) is 19.5. The van der Waals surface area contributed by atoms with Crippen LogP contribution in [0.2, 0.25) is 0 Å². The van der Waals surface area contributed by atoms with Crippen molar-refractivity contribution in [3.05, 3.63) is 12.4 Å². The van der Waals surface area contributed by atoms with Gasteiger partial charge in [0.25, 0.3) is 0 Å². The fraction of sp³-hybridized carbons (Fsp3) is 0.773. The molecular weight excluding hydrogens is 386 g/mol. The second-order valence-electron chi connectivity index (χ2n) is 9.02. The maximum atomic E-state index is 11.1. The van der Waals surface area contributed by atoms with Gasteiger partial charge in [0.15, 0.2) is 19.3 Å². The number of amidine groups is 1. The van der Waals surface area contributed by atoms with E-state index in [0.717, 1.165) is 25.1 Å².